The van der Waals surface area contributed by atoms with E-state index < -0.39 is 26.5 Å². The number of carbonyl (C=O) groups is 2. The summed E-state index contributed by atoms with van der Waals surface area (Å²) in [5, 5.41) is 12.7. The van der Waals surface area contributed by atoms with Gasteiger partial charge in [0.05, 0.1) is 34.0 Å². The van der Waals surface area contributed by atoms with Crippen molar-refractivity contribution in [2.75, 3.05) is 37.7 Å². The van der Waals surface area contributed by atoms with E-state index in [9.17, 15) is 18.9 Å². The SMILES string of the molecule is C=S1(=O)NC(=O)c2ccc3c(c2)N(C[C@@H]2CC[C@H]2[C@@](O)(CC(=O)N2CCC2)/C=C/C[C@H](C)[C@H]1C)C[C@@]1(CCCc2cc(Cl)ccc21)CO3. The van der Waals surface area contributed by atoms with Crippen molar-refractivity contribution < 1.29 is 23.6 Å². The number of allylic oxidation sites excluding steroid dienone is 1. The van der Waals surface area contributed by atoms with Crippen LogP contribution in [-0.2, 0) is 26.3 Å². The summed E-state index contributed by atoms with van der Waals surface area (Å²) in [6.07, 6.45) is 10.1. The third kappa shape index (κ3) is 6.15. The largest absolute Gasteiger partial charge is 0.490 e. The Bertz CT molecular complexity index is 1740. The Hall–Kier alpha value is -3.01. The van der Waals surface area contributed by atoms with E-state index in [0.29, 0.717) is 37.4 Å². The van der Waals surface area contributed by atoms with Crippen molar-refractivity contribution >= 4 is 44.7 Å². The Labute approximate surface area is 290 Å². The van der Waals surface area contributed by atoms with Gasteiger partial charge in [-0.25, -0.2) is 4.21 Å². The first-order valence-corrected chi connectivity index (χ1v) is 19.7. The van der Waals surface area contributed by atoms with Crippen molar-refractivity contribution in [1.29, 1.82) is 0 Å². The lowest BCUT2D eigenvalue weighted by Crippen LogP contribution is -2.54. The van der Waals surface area contributed by atoms with Crippen LogP contribution >= 0.6 is 11.6 Å². The fraction of sp³-hybridized carbons (Fsp3) is 0.553. The number of ether oxygens (including phenoxy) is 1. The minimum Gasteiger partial charge on any atom is -0.490 e. The van der Waals surface area contributed by atoms with E-state index in [1.165, 1.54) is 11.1 Å². The number of halogens is 1. The fourth-order valence-corrected chi connectivity index (χ4v) is 10.3. The molecule has 2 fully saturated rings. The highest BCUT2D eigenvalue weighted by Gasteiger charge is 2.49. The van der Waals surface area contributed by atoms with Crippen LogP contribution < -0.4 is 14.4 Å². The molecule has 2 N–H and O–H groups in total. The zero-order valence-electron chi connectivity index (χ0n) is 28.1. The minimum atomic E-state index is -3.01. The van der Waals surface area contributed by atoms with Crippen LogP contribution in [0.5, 0.6) is 5.75 Å². The molecular formula is C38H48ClN3O5S. The van der Waals surface area contributed by atoms with Gasteiger partial charge in [0.1, 0.15) is 5.75 Å². The Morgan fingerprint density at radius 1 is 1.17 bits per heavy atom. The zero-order valence-corrected chi connectivity index (χ0v) is 29.7. The summed E-state index contributed by atoms with van der Waals surface area (Å²) >= 11 is 6.45. The van der Waals surface area contributed by atoms with Crippen molar-refractivity contribution in [2.45, 2.75) is 81.5 Å². The standard InChI is InChI=1S/C38H48ClN3O5S/c1-25-7-4-16-38(45,21-35(43)41-17-6-18-41)32-12-9-29(32)22-42-23-37(15-5-8-27-19-30(39)11-13-31(27)37)24-47-34-14-10-28(20-33(34)42)36(44)40-48(3,46)26(25)2/h4,10-11,13-14,16,19-20,25-26,29,32,45H,3,5-9,12,15,17-18,21-24H2,1-2H3,(H,40,44,46)/b16-4+/t25-,26+,29-,32+,37-,38-,48?/m0/s1. The molecule has 2 bridgehead atoms. The molecule has 2 amide bonds. The first-order chi connectivity index (χ1) is 22.9. The van der Waals surface area contributed by atoms with Gasteiger partial charge in [0.25, 0.3) is 5.91 Å². The third-order valence-corrected chi connectivity index (χ3v) is 14.5. The second-order valence-corrected chi connectivity index (χ2v) is 17.9. The molecule has 7 atom stereocenters. The monoisotopic (exact) mass is 693 g/mol. The normalized spacial score (nSPS) is 35.5. The number of nitrogens with zero attached hydrogens (tertiary/aromatic N) is 2. The van der Waals surface area contributed by atoms with Crippen LogP contribution in [0.1, 0.15) is 80.3 Å². The summed E-state index contributed by atoms with van der Waals surface area (Å²) in [7, 11) is -3.01. The van der Waals surface area contributed by atoms with Crippen LogP contribution in [0.4, 0.5) is 5.69 Å². The van der Waals surface area contributed by atoms with Gasteiger partial charge < -0.3 is 19.6 Å². The number of aryl methyl sites for hydroxylation is 1. The van der Waals surface area contributed by atoms with Crippen molar-refractivity contribution in [3.8, 4) is 5.75 Å². The second kappa shape index (κ2) is 12.7. The number of aliphatic hydroxyl groups is 1. The Kier molecular flexibility index (Phi) is 8.86. The molecule has 2 aliphatic carbocycles. The number of fused-ring (bicyclic) bond motifs is 4. The predicted octanol–water partition coefficient (Wildman–Crippen LogP) is 5.54. The van der Waals surface area contributed by atoms with E-state index >= 15 is 0 Å². The summed E-state index contributed by atoms with van der Waals surface area (Å²) in [5.41, 5.74) is 2.12. The number of anilines is 1. The summed E-state index contributed by atoms with van der Waals surface area (Å²) in [6.45, 7) is 7.12. The molecule has 3 aliphatic heterocycles. The average Bonchev–Trinajstić information content (AvgIpc) is 3.13. The van der Waals surface area contributed by atoms with Crippen LogP contribution in [0.2, 0.25) is 5.02 Å². The summed E-state index contributed by atoms with van der Waals surface area (Å²) in [4.78, 5) is 31.2. The first-order valence-electron chi connectivity index (χ1n) is 17.5. The van der Waals surface area contributed by atoms with Gasteiger partial charge in [0.2, 0.25) is 5.91 Å². The minimum absolute atomic E-state index is 0.00653. The topological polar surface area (TPSA) is 99.2 Å². The van der Waals surface area contributed by atoms with Crippen molar-refractivity contribution in [3.05, 3.63) is 70.3 Å². The van der Waals surface area contributed by atoms with E-state index in [0.717, 1.165) is 62.3 Å². The summed E-state index contributed by atoms with van der Waals surface area (Å²) < 4.78 is 23.2. The molecule has 3 heterocycles. The van der Waals surface area contributed by atoms with Crippen molar-refractivity contribution in [1.82, 2.24) is 9.62 Å². The number of likely N-dealkylation sites (tertiary alicyclic amines) is 1. The lowest BCUT2D eigenvalue weighted by Gasteiger charge is -2.49. The molecule has 7 rings (SSSR count). The number of hydrogen-bond donors (Lipinski definition) is 2. The average molecular weight is 694 g/mol. The van der Waals surface area contributed by atoms with Crippen LogP contribution in [0, 0.1) is 17.8 Å². The molecule has 5 aliphatic rings. The molecule has 258 valence electrons. The van der Waals surface area contributed by atoms with Gasteiger partial charge in [0.15, 0.2) is 0 Å². The second-order valence-electron chi connectivity index (χ2n) is 15.1. The van der Waals surface area contributed by atoms with Crippen LogP contribution in [0.25, 0.3) is 0 Å². The van der Waals surface area contributed by atoms with E-state index in [1.54, 1.807) is 6.07 Å². The van der Waals surface area contributed by atoms with Gasteiger partial charge >= 0.3 is 0 Å². The fourth-order valence-electron chi connectivity index (χ4n) is 8.58. The molecule has 1 saturated carbocycles. The summed E-state index contributed by atoms with van der Waals surface area (Å²) in [5.74, 6) is 4.17. The molecule has 0 aromatic heterocycles. The van der Waals surface area contributed by atoms with E-state index in [1.807, 2.05) is 49.1 Å². The highest BCUT2D eigenvalue weighted by atomic mass is 35.5. The molecule has 0 radical (unpaired) electrons. The highest BCUT2D eigenvalue weighted by molar-refractivity contribution is 7.99. The van der Waals surface area contributed by atoms with Gasteiger partial charge in [-0.2, -0.15) is 0 Å². The molecule has 10 heteroatoms. The molecule has 48 heavy (non-hydrogen) atoms. The van der Waals surface area contributed by atoms with E-state index in [-0.39, 0.29) is 35.5 Å². The zero-order chi connectivity index (χ0) is 33.8. The first kappa shape index (κ1) is 33.5. The molecular weight excluding hydrogens is 646 g/mol. The van der Waals surface area contributed by atoms with Crippen molar-refractivity contribution in [2.24, 2.45) is 17.8 Å². The maximum Gasteiger partial charge on any atom is 0.262 e. The molecule has 2 aromatic carbocycles. The van der Waals surface area contributed by atoms with Gasteiger partial charge in [0, 0.05) is 47.4 Å². The number of carbonyl (C=O) groups excluding carboxylic acids is 2. The smallest absolute Gasteiger partial charge is 0.262 e. The number of nitrogens with one attached hydrogen (secondary N) is 1. The number of amides is 2. The lowest BCUT2D eigenvalue weighted by atomic mass is 9.63. The molecule has 1 saturated heterocycles. The molecule has 1 unspecified atom stereocenters. The molecule has 2 aromatic rings. The number of benzene rings is 2. The van der Waals surface area contributed by atoms with Crippen LogP contribution in [0.15, 0.2) is 48.6 Å². The molecule has 1 spiro atoms. The highest BCUT2D eigenvalue weighted by Crippen LogP contribution is 2.49. The lowest BCUT2D eigenvalue weighted by molar-refractivity contribution is -0.143. The van der Waals surface area contributed by atoms with Gasteiger partial charge in [-0.05, 0) is 117 Å². The Morgan fingerprint density at radius 3 is 2.71 bits per heavy atom. The van der Waals surface area contributed by atoms with E-state index in [4.69, 9.17) is 16.3 Å². The summed E-state index contributed by atoms with van der Waals surface area (Å²) in [6, 6.07) is 11.6. The maximum atomic E-state index is 13.8. The Morgan fingerprint density at radius 2 is 1.98 bits per heavy atom. The number of hydrogen-bond acceptors (Lipinski definition) is 6. The van der Waals surface area contributed by atoms with Gasteiger partial charge in [-0.3, -0.25) is 14.3 Å². The third-order valence-electron chi connectivity index (χ3n) is 12.0. The van der Waals surface area contributed by atoms with Crippen molar-refractivity contribution in [3.63, 3.8) is 0 Å². The van der Waals surface area contributed by atoms with E-state index in [2.05, 4.69) is 27.6 Å². The van der Waals surface area contributed by atoms with Gasteiger partial charge in [-0.15, -0.1) is 0 Å². The predicted molar refractivity (Wildman–Crippen MR) is 192 cm³/mol. The molecule has 8 nitrogen and oxygen atoms in total. The maximum absolute atomic E-state index is 13.8. The number of rotatable bonds is 2. The Balaban J connectivity index is 1.31. The van der Waals surface area contributed by atoms with Crippen LogP contribution in [0.3, 0.4) is 0 Å². The quantitative estimate of drug-likeness (QED) is 0.317. The van der Waals surface area contributed by atoms with Gasteiger partial charge in [-0.1, -0.05) is 36.7 Å². The van der Waals surface area contributed by atoms with Crippen LogP contribution in [-0.4, -0.2) is 75.5 Å².